The molecule has 1 aliphatic rings. The third-order valence-corrected chi connectivity index (χ3v) is 3.92. The maximum absolute atomic E-state index is 12.3. The molecule has 7 heteroatoms. The monoisotopic (exact) mass is 309 g/mol. The smallest absolute Gasteiger partial charge is 0.387 e. The number of alkyl halides is 2. The Hall–Kier alpha value is -2.02. The maximum Gasteiger partial charge on any atom is 0.387 e. The van der Waals surface area contributed by atoms with Crippen LogP contribution in [-0.4, -0.2) is 16.8 Å². The molecule has 1 fully saturated rings. The Balaban J connectivity index is 1.84. The number of hydrogen-bond acceptors (Lipinski definition) is 5. The highest BCUT2D eigenvalue weighted by Crippen LogP contribution is 2.34. The van der Waals surface area contributed by atoms with Crippen LogP contribution in [-0.2, 0) is 5.54 Å². The summed E-state index contributed by atoms with van der Waals surface area (Å²) in [6.45, 7) is -2.87. The highest BCUT2D eigenvalue weighted by atomic mass is 19.3. The van der Waals surface area contributed by atoms with Crippen molar-refractivity contribution in [2.75, 3.05) is 0 Å². The molecular weight excluding hydrogens is 292 g/mol. The molecule has 0 amide bonds. The van der Waals surface area contributed by atoms with Gasteiger partial charge in [-0.25, -0.2) is 0 Å². The van der Waals surface area contributed by atoms with Gasteiger partial charge >= 0.3 is 6.61 Å². The maximum atomic E-state index is 12.3. The quantitative estimate of drug-likeness (QED) is 0.936. The number of nitrogens with zero attached hydrogens (tertiary/aromatic N) is 2. The molecule has 0 spiro atoms. The van der Waals surface area contributed by atoms with Gasteiger partial charge in [-0.05, 0) is 31.0 Å². The van der Waals surface area contributed by atoms with Crippen LogP contribution in [0.15, 0.2) is 28.8 Å². The lowest BCUT2D eigenvalue weighted by atomic mass is 9.82. The van der Waals surface area contributed by atoms with Crippen LogP contribution >= 0.6 is 0 Å². The van der Waals surface area contributed by atoms with Crippen LogP contribution in [0.2, 0.25) is 0 Å². The minimum atomic E-state index is -2.87. The Labute approximate surface area is 126 Å². The van der Waals surface area contributed by atoms with Crippen LogP contribution in [0.25, 0.3) is 11.5 Å². The van der Waals surface area contributed by atoms with Gasteiger partial charge in [-0.15, -0.1) is 0 Å². The van der Waals surface area contributed by atoms with E-state index in [-0.39, 0.29) is 11.6 Å². The molecule has 2 aromatic rings. The van der Waals surface area contributed by atoms with Gasteiger partial charge in [0.25, 0.3) is 5.89 Å². The molecule has 5 nitrogen and oxygen atoms in total. The molecule has 118 valence electrons. The average molecular weight is 309 g/mol. The Kier molecular flexibility index (Phi) is 4.06. The topological polar surface area (TPSA) is 74.2 Å². The number of aromatic nitrogens is 2. The minimum absolute atomic E-state index is 0.0485. The largest absolute Gasteiger partial charge is 0.435 e. The molecule has 1 aromatic carbocycles. The highest BCUT2D eigenvalue weighted by Gasteiger charge is 2.34. The molecule has 1 saturated carbocycles. The molecule has 1 aliphatic carbocycles. The number of halogens is 2. The second-order valence-electron chi connectivity index (χ2n) is 5.55. The van der Waals surface area contributed by atoms with Crippen molar-refractivity contribution in [3.05, 3.63) is 30.1 Å². The van der Waals surface area contributed by atoms with Crippen LogP contribution in [0, 0.1) is 0 Å². The summed E-state index contributed by atoms with van der Waals surface area (Å²) in [5.74, 6) is 0.778. The molecular formula is C15H17F2N3O2. The summed E-state index contributed by atoms with van der Waals surface area (Å²) in [7, 11) is 0. The summed E-state index contributed by atoms with van der Waals surface area (Å²) < 4.78 is 34.1. The van der Waals surface area contributed by atoms with E-state index in [2.05, 4.69) is 14.9 Å². The summed E-state index contributed by atoms with van der Waals surface area (Å²) in [4.78, 5) is 4.35. The van der Waals surface area contributed by atoms with Crippen molar-refractivity contribution in [2.45, 2.75) is 44.3 Å². The lowest BCUT2D eigenvalue weighted by Gasteiger charge is -2.29. The van der Waals surface area contributed by atoms with Crippen LogP contribution in [0.4, 0.5) is 8.78 Å². The first-order valence-electron chi connectivity index (χ1n) is 7.25. The van der Waals surface area contributed by atoms with Crippen molar-refractivity contribution >= 4 is 0 Å². The second-order valence-corrected chi connectivity index (χ2v) is 5.55. The molecule has 0 unspecified atom stereocenters. The minimum Gasteiger partial charge on any atom is -0.435 e. The summed E-state index contributed by atoms with van der Waals surface area (Å²) in [5.41, 5.74) is 6.32. The van der Waals surface area contributed by atoms with E-state index in [9.17, 15) is 8.78 Å². The van der Waals surface area contributed by atoms with Crippen LogP contribution in [0.5, 0.6) is 5.75 Å². The zero-order valence-corrected chi connectivity index (χ0v) is 12.0. The zero-order valence-electron chi connectivity index (χ0n) is 12.0. The van der Waals surface area contributed by atoms with E-state index < -0.39 is 12.2 Å². The van der Waals surface area contributed by atoms with E-state index >= 15 is 0 Å². The Morgan fingerprint density at radius 3 is 2.73 bits per heavy atom. The third-order valence-electron chi connectivity index (χ3n) is 3.92. The summed E-state index contributed by atoms with van der Waals surface area (Å²) >= 11 is 0. The predicted molar refractivity (Wildman–Crippen MR) is 75.3 cm³/mol. The van der Waals surface area contributed by atoms with Crippen LogP contribution < -0.4 is 10.5 Å². The SMILES string of the molecule is NC1(c2noc(-c3cccc(OC(F)F)c3)n2)CCCCC1. The van der Waals surface area contributed by atoms with Crippen molar-refractivity contribution < 1.29 is 18.0 Å². The Morgan fingerprint density at radius 2 is 2.00 bits per heavy atom. The standard InChI is InChI=1S/C15H17F2N3O2/c16-14(17)21-11-6-4-5-10(9-11)12-19-13(20-22-12)15(18)7-2-1-3-8-15/h4-6,9,14H,1-3,7-8,18H2. The van der Waals surface area contributed by atoms with E-state index in [1.807, 2.05) is 0 Å². The average Bonchev–Trinajstić information content (AvgIpc) is 2.98. The van der Waals surface area contributed by atoms with Gasteiger partial charge in [0.2, 0.25) is 0 Å². The predicted octanol–water partition coefficient (Wildman–Crippen LogP) is 3.46. The lowest BCUT2D eigenvalue weighted by Crippen LogP contribution is -2.39. The van der Waals surface area contributed by atoms with Gasteiger partial charge in [-0.1, -0.05) is 30.5 Å². The highest BCUT2D eigenvalue weighted by molar-refractivity contribution is 5.55. The van der Waals surface area contributed by atoms with E-state index in [1.165, 1.54) is 12.1 Å². The van der Waals surface area contributed by atoms with Gasteiger partial charge < -0.3 is 15.0 Å². The van der Waals surface area contributed by atoms with E-state index in [0.29, 0.717) is 11.4 Å². The van der Waals surface area contributed by atoms with Gasteiger partial charge in [-0.3, -0.25) is 0 Å². The number of ether oxygens (including phenoxy) is 1. The van der Waals surface area contributed by atoms with Crippen molar-refractivity contribution in [3.63, 3.8) is 0 Å². The number of hydrogen-bond donors (Lipinski definition) is 1. The van der Waals surface area contributed by atoms with Crippen molar-refractivity contribution in [3.8, 4) is 17.2 Å². The number of benzene rings is 1. The fourth-order valence-electron chi connectivity index (χ4n) is 2.75. The van der Waals surface area contributed by atoms with Gasteiger partial charge in [-0.2, -0.15) is 13.8 Å². The molecule has 1 aromatic heterocycles. The summed E-state index contributed by atoms with van der Waals surface area (Å²) in [6.07, 6.45) is 4.88. The third kappa shape index (κ3) is 3.09. The van der Waals surface area contributed by atoms with E-state index in [1.54, 1.807) is 12.1 Å². The molecule has 0 saturated heterocycles. The molecule has 0 aliphatic heterocycles. The fraction of sp³-hybridized carbons (Fsp3) is 0.467. The zero-order chi connectivity index (χ0) is 15.6. The van der Waals surface area contributed by atoms with Crippen LogP contribution in [0.1, 0.15) is 37.9 Å². The second kappa shape index (κ2) is 6.00. The Bertz CT molecular complexity index is 639. The molecule has 1 heterocycles. The van der Waals surface area contributed by atoms with Crippen molar-refractivity contribution in [2.24, 2.45) is 5.73 Å². The summed E-state index contributed by atoms with van der Waals surface area (Å²) in [6, 6.07) is 6.17. The number of rotatable bonds is 4. The van der Waals surface area contributed by atoms with Gasteiger partial charge in [0.15, 0.2) is 5.82 Å². The van der Waals surface area contributed by atoms with Crippen molar-refractivity contribution in [1.29, 1.82) is 0 Å². The lowest BCUT2D eigenvalue weighted by molar-refractivity contribution is -0.0498. The first kappa shape index (κ1) is 14.9. The molecule has 0 atom stereocenters. The van der Waals surface area contributed by atoms with E-state index in [4.69, 9.17) is 10.3 Å². The normalized spacial score (nSPS) is 17.6. The first-order valence-corrected chi connectivity index (χ1v) is 7.25. The molecule has 0 bridgehead atoms. The summed E-state index contributed by atoms with van der Waals surface area (Å²) in [5, 5.41) is 3.98. The number of nitrogens with two attached hydrogens (primary N) is 1. The molecule has 3 rings (SSSR count). The van der Waals surface area contributed by atoms with Gasteiger partial charge in [0.05, 0.1) is 5.54 Å². The van der Waals surface area contributed by atoms with Crippen LogP contribution in [0.3, 0.4) is 0 Å². The molecule has 0 radical (unpaired) electrons. The molecule has 2 N–H and O–H groups in total. The Morgan fingerprint density at radius 1 is 1.23 bits per heavy atom. The van der Waals surface area contributed by atoms with Gasteiger partial charge in [0.1, 0.15) is 5.75 Å². The fourth-order valence-corrected chi connectivity index (χ4v) is 2.75. The van der Waals surface area contributed by atoms with Crippen molar-refractivity contribution in [1.82, 2.24) is 10.1 Å². The van der Waals surface area contributed by atoms with E-state index in [0.717, 1.165) is 32.1 Å². The molecule has 22 heavy (non-hydrogen) atoms. The van der Waals surface area contributed by atoms with Gasteiger partial charge in [0, 0.05) is 5.56 Å². The first-order chi connectivity index (χ1) is 10.6.